The normalized spacial score (nSPS) is 21.7. The van der Waals surface area contributed by atoms with E-state index in [0.717, 1.165) is 24.8 Å². The monoisotopic (exact) mass is 288 g/mol. The van der Waals surface area contributed by atoms with Gasteiger partial charge in [-0.25, -0.2) is 8.78 Å². The standard InChI is InChI=1S/C18H18F2O/c1-12-9-10-15(17(20)16(12)19)18(21)11-5-4-7-13-6-2-3-8-14(13)18/h2-3,6,8-10,21H,4-5,7,11H2,1H3. The number of benzene rings is 2. The lowest BCUT2D eigenvalue weighted by Gasteiger charge is -2.30. The molecule has 0 aliphatic heterocycles. The smallest absolute Gasteiger partial charge is 0.165 e. The fourth-order valence-corrected chi connectivity index (χ4v) is 3.22. The minimum absolute atomic E-state index is 0.0416. The van der Waals surface area contributed by atoms with E-state index in [-0.39, 0.29) is 11.1 Å². The Bertz CT molecular complexity index is 681. The molecule has 0 fully saturated rings. The topological polar surface area (TPSA) is 20.2 Å². The zero-order chi connectivity index (χ0) is 15.0. The number of fused-ring (bicyclic) bond motifs is 1. The SMILES string of the molecule is Cc1ccc(C2(O)CCCCc3ccccc32)c(F)c1F. The molecule has 0 saturated heterocycles. The average molecular weight is 288 g/mol. The summed E-state index contributed by atoms with van der Waals surface area (Å²) in [6.07, 6.45) is 2.98. The van der Waals surface area contributed by atoms with Gasteiger partial charge in [0, 0.05) is 5.56 Å². The van der Waals surface area contributed by atoms with Crippen LogP contribution in [0.3, 0.4) is 0 Å². The second kappa shape index (κ2) is 5.23. The van der Waals surface area contributed by atoms with E-state index in [4.69, 9.17) is 0 Å². The van der Waals surface area contributed by atoms with Crippen LogP contribution in [0, 0.1) is 18.6 Å². The summed E-state index contributed by atoms with van der Waals surface area (Å²) in [6, 6.07) is 10.6. The summed E-state index contributed by atoms with van der Waals surface area (Å²) in [4.78, 5) is 0. The second-order valence-electron chi connectivity index (χ2n) is 5.78. The molecule has 0 saturated carbocycles. The molecular weight excluding hydrogens is 270 g/mol. The van der Waals surface area contributed by atoms with Crippen LogP contribution in [0.15, 0.2) is 36.4 Å². The van der Waals surface area contributed by atoms with Crippen molar-refractivity contribution in [2.24, 2.45) is 0 Å². The fraction of sp³-hybridized carbons (Fsp3) is 0.333. The highest BCUT2D eigenvalue weighted by atomic mass is 19.2. The maximum atomic E-state index is 14.4. The molecule has 2 aromatic rings. The zero-order valence-corrected chi connectivity index (χ0v) is 12.0. The Labute approximate surface area is 123 Å². The quantitative estimate of drug-likeness (QED) is 0.778. The van der Waals surface area contributed by atoms with E-state index in [1.54, 1.807) is 0 Å². The first-order valence-electron chi connectivity index (χ1n) is 7.30. The van der Waals surface area contributed by atoms with E-state index >= 15 is 0 Å². The number of aryl methyl sites for hydroxylation is 2. The Morgan fingerprint density at radius 2 is 1.71 bits per heavy atom. The molecule has 21 heavy (non-hydrogen) atoms. The van der Waals surface area contributed by atoms with Gasteiger partial charge >= 0.3 is 0 Å². The molecule has 0 heterocycles. The van der Waals surface area contributed by atoms with E-state index in [2.05, 4.69) is 0 Å². The summed E-state index contributed by atoms with van der Waals surface area (Å²) in [5.74, 6) is -1.81. The molecule has 1 N–H and O–H groups in total. The third kappa shape index (κ3) is 2.26. The van der Waals surface area contributed by atoms with Gasteiger partial charge in [0.1, 0.15) is 5.60 Å². The molecule has 1 nitrogen and oxygen atoms in total. The molecule has 0 radical (unpaired) electrons. The Morgan fingerprint density at radius 1 is 0.952 bits per heavy atom. The van der Waals surface area contributed by atoms with Gasteiger partial charge in [0.2, 0.25) is 0 Å². The minimum Gasteiger partial charge on any atom is -0.380 e. The number of rotatable bonds is 1. The lowest BCUT2D eigenvalue weighted by Crippen LogP contribution is -2.29. The van der Waals surface area contributed by atoms with Gasteiger partial charge in [-0.3, -0.25) is 0 Å². The summed E-state index contributed by atoms with van der Waals surface area (Å²) in [5.41, 5.74) is 0.551. The Kier molecular flexibility index (Phi) is 3.54. The fourth-order valence-electron chi connectivity index (χ4n) is 3.22. The Morgan fingerprint density at radius 3 is 2.52 bits per heavy atom. The van der Waals surface area contributed by atoms with Crippen molar-refractivity contribution in [3.63, 3.8) is 0 Å². The Balaban J connectivity index is 2.23. The minimum atomic E-state index is -1.45. The predicted octanol–water partition coefficient (Wildman–Crippen LogP) is 4.24. The van der Waals surface area contributed by atoms with Gasteiger partial charge in [-0.2, -0.15) is 0 Å². The summed E-state index contributed by atoms with van der Waals surface area (Å²) in [5, 5.41) is 11.2. The molecule has 1 atom stereocenters. The summed E-state index contributed by atoms with van der Waals surface area (Å²) in [7, 11) is 0. The van der Waals surface area contributed by atoms with E-state index < -0.39 is 17.2 Å². The molecule has 3 heteroatoms. The van der Waals surface area contributed by atoms with Crippen molar-refractivity contribution in [2.45, 2.75) is 38.2 Å². The van der Waals surface area contributed by atoms with Crippen molar-refractivity contribution in [1.29, 1.82) is 0 Å². The van der Waals surface area contributed by atoms with Crippen molar-refractivity contribution < 1.29 is 13.9 Å². The van der Waals surface area contributed by atoms with Crippen LogP contribution >= 0.6 is 0 Å². The molecular formula is C18H18F2O. The molecule has 110 valence electrons. The largest absolute Gasteiger partial charge is 0.380 e. The molecule has 1 unspecified atom stereocenters. The van der Waals surface area contributed by atoms with E-state index in [1.807, 2.05) is 24.3 Å². The van der Waals surface area contributed by atoms with E-state index in [9.17, 15) is 13.9 Å². The van der Waals surface area contributed by atoms with Gasteiger partial charge in [-0.1, -0.05) is 36.4 Å². The zero-order valence-electron chi connectivity index (χ0n) is 12.0. The number of aliphatic hydroxyl groups is 1. The van der Waals surface area contributed by atoms with Crippen LogP contribution in [-0.4, -0.2) is 5.11 Å². The highest BCUT2D eigenvalue weighted by Gasteiger charge is 2.37. The molecule has 1 aliphatic rings. The predicted molar refractivity (Wildman–Crippen MR) is 78.1 cm³/mol. The third-order valence-corrected chi connectivity index (χ3v) is 4.42. The number of halogens is 2. The van der Waals surface area contributed by atoms with Gasteiger partial charge < -0.3 is 5.11 Å². The molecule has 0 spiro atoms. The highest BCUT2D eigenvalue weighted by molar-refractivity contribution is 5.43. The first-order valence-corrected chi connectivity index (χ1v) is 7.30. The first kappa shape index (κ1) is 14.2. The Hall–Kier alpha value is -1.74. The average Bonchev–Trinajstić information content (AvgIpc) is 2.65. The summed E-state index contributed by atoms with van der Waals surface area (Å²) in [6.45, 7) is 1.52. The maximum absolute atomic E-state index is 14.4. The molecule has 2 aromatic carbocycles. The molecule has 0 bridgehead atoms. The summed E-state index contributed by atoms with van der Waals surface area (Å²) >= 11 is 0. The van der Waals surface area contributed by atoms with Crippen molar-refractivity contribution in [2.75, 3.05) is 0 Å². The van der Waals surface area contributed by atoms with E-state index in [1.165, 1.54) is 19.1 Å². The summed E-state index contributed by atoms with van der Waals surface area (Å²) < 4.78 is 28.3. The lowest BCUT2D eigenvalue weighted by molar-refractivity contribution is 0.0658. The molecule has 1 aliphatic carbocycles. The van der Waals surface area contributed by atoms with Crippen LogP contribution < -0.4 is 0 Å². The number of hydrogen-bond acceptors (Lipinski definition) is 1. The van der Waals surface area contributed by atoms with Crippen LogP contribution in [0.2, 0.25) is 0 Å². The van der Waals surface area contributed by atoms with Crippen LogP contribution in [0.4, 0.5) is 8.78 Å². The van der Waals surface area contributed by atoms with Gasteiger partial charge in [-0.05, 0) is 49.3 Å². The van der Waals surface area contributed by atoms with Crippen LogP contribution in [0.25, 0.3) is 0 Å². The van der Waals surface area contributed by atoms with Gasteiger partial charge in [-0.15, -0.1) is 0 Å². The third-order valence-electron chi connectivity index (χ3n) is 4.42. The molecule has 0 amide bonds. The lowest BCUT2D eigenvalue weighted by atomic mass is 9.81. The molecule has 3 rings (SSSR count). The first-order chi connectivity index (χ1) is 10.0. The van der Waals surface area contributed by atoms with Crippen molar-refractivity contribution in [3.05, 3.63) is 70.3 Å². The van der Waals surface area contributed by atoms with Crippen molar-refractivity contribution in [1.82, 2.24) is 0 Å². The van der Waals surface area contributed by atoms with Crippen LogP contribution in [-0.2, 0) is 12.0 Å². The number of hydrogen-bond donors (Lipinski definition) is 1. The van der Waals surface area contributed by atoms with Crippen LogP contribution in [0.1, 0.15) is 41.5 Å². The van der Waals surface area contributed by atoms with Crippen LogP contribution in [0.5, 0.6) is 0 Å². The molecule has 0 aromatic heterocycles. The second-order valence-corrected chi connectivity index (χ2v) is 5.78. The van der Waals surface area contributed by atoms with Gasteiger partial charge in [0.25, 0.3) is 0 Å². The maximum Gasteiger partial charge on any atom is 0.165 e. The van der Waals surface area contributed by atoms with E-state index in [0.29, 0.717) is 12.0 Å². The van der Waals surface area contributed by atoms with Gasteiger partial charge in [0.05, 0.1) is 0 Å². The highest BCUT2D eigenvalue weighted by Crippen LogP contribution is 2.41. The van der Waals surface area contributed by atoms with Crippen molar-refractivity contribution in [3.8, 4) is 0 Å². The van der Waals surface area contributed by atoms with Crippen molar-refractivity contribution >= 4 is 0 Å². The van der Waals surface area contributed by atoms with Gasteiger partial charge in [0.15, 0.2) is 11.6 Å².